The van der Waals surface area contributed by atoms with Gasteiger partial charge in [-0.1, -0.05) is 17.7 Å². The molecular formula is C21H26ClN5. The number of nitrogens with two attached hydrogens (primary N) is 1. The van der Waals surface area contributed by atoms with Crippen molar-refractivity contribution in [2.24, 2.45) is 17.8 Å². The fourth-order valence-electron chi connectivity index (χ4n) is 5.98. The van der Waals surface area contributed by atoms with Gasteiger partial charge in [0, 0.05) is 16.2 Å². The third kappa shape index (κ3) is 3.02. The molecule has 0 radical (unpaired) electrons. The highest BCUT2D eigenvalue weighted by molar-refractivity contribution is 6.31. The van der Waals surface area contributed by atoms with Crippen molar-refractivity contribution in [1.29, 1.82) is 0 Å². The van der Waals surface area contributed by atoms with E-state index < -0.39 is 0 Å². The van der Waals surface area contributed by atoms with E-state index in [1.54, 1.807) is 6.33 Å². The summed E-state index contributed by atoms with van der Waals surface area (Å²) in [5, 5.41) is 7.82. The molecule has 6 rings (SSSR count). The van der Waals surface area contributed by atoms with Gasteiger partial charge in [-0.05, 0) is 80.9 Å². The van der Waals surface area contributed by atoms with E-state index in [2.05, 4.69) is 20.6 Å². The van der Waals surface area contributed by atoms with Gasteiger partial charge >= 0.3 is 0 Å². The lowest BCUT2D eigenvalue weighted by atomic mass is 9.53. The van der Waals surface area contributed by atoms with Crippen LogP contribution in [0.4, 0.5) is 23.0 Å². The first kappa shape index (κ1) is 17.1. The smallest absolute Gasteiger partial charge is 0.159 e. The minimum Gasteiger partial charge on any atom is -0.393 e. The van der Waals surface area contributed by atoms with E-state index in [0.717, 1.165) is 39.8 Å². The van der Waals surface area contributed by atoms with Gasteiger partial charge in [-0.2, -0.15) is 0 Å². The number of aromatic nitrogens is 2. The number of benzene rings is 1. The summed E-state index contributed by atoms with van der Waals surface area (Å²) >= 11 is 6.24. The van der Waals surface area contributed by atoms with Crippen molar-refractivity contribution in [3.05, 3.63) is 35.1 Å². The molecule has 27 heavy (non-hydrogen) atoms. The van der Waals surface area contributed by atoms with E-state index in [-0.39, 0.29) is 5.54 Å². The Balaban J connectivity index is 1.41. The summed E-state index contributed by atoms with van der Waals surface area (Å²) in [5.74, 6) is 4.01. The molecule has 1 aromatic carbocycles. The quantitative estimate of drug-likeness (QED) is 0.681. The maximum atomic E-state index is 6.47. The van der Waals surface area contributed by atoms with Crippen LogP contribution >= 0.6 is 11.6 Å². The third-order valence-electron chi connectivity index (χ3n) is 6.83. The number of hydrogen-bond acceptors (Lipinski definition) is 5. The average molecular weight is 384 g/mol. The predicted octanol–water partition coefficient (Wildman–Crippen LogP) is 5.14. The number of nitrogen functional groups attached to an aromatic ring is 1. The van der Waals surface area contributed by atoms with E-state index in [1.165, 1.54) is 38.5 Å². The standard InChI is InChI=1S/C21H26ClN5/c1-12-16(22)3-2-4-17(12)26-19-18(23)20(25-11-24-19)27-21-8-13-5-14(9-21)7-15(6-13)10-21/h2-4,11,13-15H,5-10,23H2,1H3,(H2,24,25,26,27). The van der Waals surface area contributed by atoms with Crippen molar-refractivity contribution in [1.82, 2.24) is 9.97 Å². The van der Waals surface area contributed by atoms with Crippen molar-refractivity contribution in [2.45, 2.75) is 51.0 Å². The van der Waals surface area contributed by atoms with Crippen LogP contribution in [-0.4, -0.2) is 15.5 Å². The molecule has 1 heterocycles. The summed E-state index contributed by atoms with van der Waals surface area (Å²) in [7, 11) is 0. The zero-order valence-corrected chi connectivity index (χ0v) is 16.4. The Morgan fingerprint density at radius 2 is 1.67 bits per heavy atom. The Kier molecular flexibility index (Phi) is 3.97. The van der Waals surface area contributed by atoms with Gasteiger partial charge in [0.05, 0.1) is 0 Å². The molecule has 4 fully saturated rings. The van der Waals surface area contributed by atoms with E-state index in [0.29, 0.717) is 11.5 Å². The second-order valence-corrected chi connectivity index (χ2v) is 9.25. The van der Waals surface area contributed by atoms with Crippen molar-refractivity contribution in [3.63, 3.8) is 0 Å². The van der Waals surface area contributed by atoms with Crippen LogP contribution in [0.1, 0.15) is 44.1 Å². The zero-order valence-electron chi connectivity index (χ0n) is 15.6. The van der Waals surface area contributed by atoms with Gasteiger partial charge < -0.3 is 16.4 Å². The molecule has 0 atom stereocenters. The van der Waals surface area contributed by atoms with Gasteiger partial charge in [0.1, 0.15) is 12.0 Å². The van der Waals surface area contributed by atoms with Gasteiger partial charge in [-0.25, -0.2) is 9.97 Å². The van der Waals surface area contributed by atoms with Crippen LogP contribution in [0.25, 0.3) is 0 Å². The molecule has 0 spiro atoms. The van der Waals surface area contributed by atoms with Crippen molar-refractivity contribution in [3.8, 4) is 0 Å². The highest BCUT2D eigenvalue weighted by Crippen LogP contribution is 2.56. The van der Waals surface area contributed by atoms with Crippen molar-refractivity contribution >= 4 is 34.6 Å². The number of rotatable bonds is 4. The summed E-state index contributed by atoms with van der Waals surface area (Å²) in [4.78, 5) is 8.85. The number of halogens is 1. The van der Waals surface area contributed by atoms with Crippen LogP contribution in [0.15, 0.2) is 24.5 Å². The molecule has 4 saturated carbocycles. The van der Waals surface area contributed by atoms with E-state index in [9.17, 15) is 0 Å². The first-order chi connectivity index (χ1) is 13.0. The SMILES string of the molecule is Cc1c(Cl)cccc1Nc1ncnc(NC23CC4CC(CC(C4)C2)C3)c1N. The highest BCUT2D eigenvalue weighted by atomic mass is 35.5. The molecule has 2 aromatic rings. The largest absolute Gasteiger partial charge is 0.393 e. The Labute approximate surface area is 165 Å². The third-order valence-corrected chi connectivity index (χ3v) is 7.24. The molecule has 5 nitrogen and oxygen atoms in total. The second kappa shape index (κ2) is 6.26. The maximum Gasteiger partial charge on any atom is 0.159 e. The van der Waals surface area contributed by atoms with E-state index in [1.807, 2.05) is 25.1 Å². The van der Waals surface area contributed by atoms with Crippen LogP contribution < -0.4 is 16.4 Å². The van der Waals surface area contributed by atoms with E-state index in [4.69, 9.17) is 17.3 Å². The minimum atomic E-state index is 0.167. The summed E-state index contributed by atoms with van der Waals surface area (Å²) in [6.07, 6.45) is 9.58. The minimum absolute atomic E-state index is 0.167. The fraction of sp³-hybridized carbons (Fsp3) is 0.524. The van der Waals surface area contributed by atoms with Crippen LogP contribution in [0.2, 0.25) is 5.02 Å². The number of hydrogen-bond donors (Lipinski definition) is 3. The zero-order chi connectivity index (χ0) is 18.6. The summed E-state index contributed by atoms with van der Waals surface area (Å²) in [5.41, 5.74) is 9.10. The molecule has 0 unspecified atom stereocenters. The Bertz CT molecular complexity index is 846. The summed E-state index contributed by atoms with van der Waals surface area (Å²) in [6, 6.07) is 5.78. The molecule has 0 amide bonds. The van der Waals surface area contributed by atoms with Crippen LogP contribution in [0.5, 0.6) is 0 Å². The number of nitrogens with one attached hydrogen (secondary N) is 2. The van der Waals surface area contributed by atoms with Gasteiger partial charge in [0.2, 0.25) is 0 Å². The predicted molar refractivity (Wildman–Crippen MR) is 110 cm³/mol. The van der Waals surface area contributed by atoms with Crippen molar-refractivity contribution in [2.75, 3.05) is 16.4 Å². The summed E-state index contributed by atoms with van der Waals surface area (Å²) < 4.78 is 0. The molecule has 0 saturated heterocycles. The molecule has 142 valence electrons. The van der Waals surface area contributed by atoms with Gasteiger partial charge in [-0.15, -0.1) is 0 Å². The van der Waals surface area contributed by atoms with Crippen molar-refractivity contribution < 1.29 is 0 Å². The lowest BCUT2D eigenvalue weighted by Gasteiger charge is -2.57. The Hall–Kier alpha value is -2.01. The Morgan fingerprint density at radius 1 is 1.04 bits per heavy atom. The highest BCUT2D eigenvalue weighted by Gasteiger charge is 2.51. The fourth-order valence-corrected chi connectivity index (χ4v) is 6.15. The molecule has 0 aliphatic heterocycles. The molecule has 4 aliphatic carbocycles. The lowest BCUT2D eigenvalue weighted by molar-refractivity contribution is 0.0106. The molecule has 4 aliphatic rings. The number of nitrogens with zero attached hydrogens (tertiary/aromatic N) is 2. The molecule has 1 aromatic heterocycles. The first-order valence-corrected chi connectivity index (χ1v) is 10.3. The molecule has 6 heteroatoms. The Morgan fingerprint density at radius 3 is 2.33 bits per heavy atom. The van der Waals surface area contributed by atoms with Crippen LogP contribution in [-0.2, 0) is 0 Å². The average Bonchev–Trinajstić information content (AvgIpc) is 2.61. The first-order valence-electron chi connectivity index (χ1n) is 9.92. The maximum absolute atomic E-state index is 6.47. The number of anilines is 4. The van der Waals surface area contributed by atoms with Gasteiger partial charge in [0.25, 0.3) is 0 Å². The van der Waals surface area contributed by atoms with E-state index >= 15 is 0 Å². The van der Waals surface area contributed by atoms with Crippen LogP contribution in [0, 0.1) is 24.7 Å². The molecular weight excluding hydrogens is 358 g/mol. The molecule has 4 N–H and O–H groups in total. The van der Waals surface area contributed by atoms with Crippen LogP contribution in [0.3, 0.4) is 0 Å². The monoisotopic (exact) mass is 383 g/mol. The van der Waals surface area contributed by atoms with Gasteiger partial charge in [-0.3, -0.25) is 0 Å². The second-order valence-electron chi connectivity index (χ2n) is 8.84. The topological polar surface area (TPSA) is 75.9 Å². The lowest BCUT2D eigenvalue weighted by Crippen LogP contribution is -2.55. The summed E-state index contributed by atoms with van der Waals surface area (Å²) in [6.45, 7) is 1.98. The molecule has 4 bridgehead atoms. The normalized spacial score (nSPS) is 31.1. The van der Waals surface area contributed by atoms with Gasteiger partial charge in [0.15, 0.2) is 11.6 Å².